The van der Waals surface area contributed by atoms with E-state index >= 15 is 0 Å². The topological polar surface area (TPSA) is 76.5 Å². The lowest BCUT2D eigenvalue weighted by atomic mass is 10.4. The van der Waals surface area contributed by atoms with E-state index < -0.39 is 0 Å². The Bertz CT molecular complexity index is 431. The van der Waals surface area contributed by atoms with E-state index in [1.54, 1.807) is 24.8 Å². The number of likely N-dealkylation sites (N-methyl/N-ethyl adjacent to an activating group) is 1. The second-order valence-corrected chi connectivity index (χ2v) is 3.91. The van der Waals surface area contributed by atoms with Crippen molar-refractivity contribution < 1.29 is 14.3 Å². The molecular weight excluding hydrogens is 224 g/mol. The van der Waals surface area contributed by atoms with E-state index in [0.29, 0.717) is 19.0 Å². The Labute approximate surface area is 98.3 Å². The van der Waals surface area contributed by atoms with Gasteiger partial charge in [0.25, 0.3) is 5.91 Å². The molecule has 0 unspecified atom stereocenters. The van der Waals surface area contributed by atoms with Crippen molar-refractivity contribution in [2.45, 2.75) is 6.54 Å². The zero-order chi connectivity index (χ0) is 12.4. The number of nitrogens with zero attached hydrogens (tertiary/aromatic N) is 3. The highest BCUT2D eigenvalue weighted by Gasteiger charge is 2.19. The third-order valence-electron chi connectivity index (χ3n) is 2.43. The molecule has 0 saturated heterocycles. The first-order valence-electron chi connectivity index (χ1n) is 5.27. The van der Waals surface area contributed by atoms with E-state index in [2.05, 4.69) is 10.4 Å². The highest BCUT2D eigenvalue weighted by molar-refractivity contribution is 5.95. The summed E-state index contributed by atoms with van der Waals surface area (Å²) in [5.74, 6) is 0.0566. The summed E-state index contributed by atoms with van der Waals surface area (Å²) in [5, 5.41) is 6.58. The number of carbonyl (C=O) groups is 2. The number of fused-ring (bicyclic) bond motifs is 1. The van der Waals surface area contributed by atoms with Gasteiger partial charge >= 0.3 is 0 Å². The minimum atomic E-state index is -0.370. The summed E-state index contributed by atoms with van der Waals surface area (Å²) in [5.41, 5.74) is 0.270. The summed E-state index contributed by atoms with van der Waals surface area (Å²) in [7, 11) is 3.26. The van der Waals surface area contributed by atoms with E-state index in [-0.39, 0.29) is 24.1 Å². The average Bonchev–Trinajstić information content (AvgIpc) is 2.84. The normalized spacial score (nSPS) is 12.8. The molecule has 1 N–H and O–H groups in total. The van der Waals surface area contributed by atoms with E-state index in [0.717, 1.165) is 0 Å². The Morgan fingerprint density at radius 2 is 2.35 bits per heavy atom. The molecule has 0 fully saturated rings. The van der Waals surface area contributed by atoms with Crippen molar-refractivity contribution in [1.82, 2.24) is 20.0 Å². The number of carbonyl (C=O) groups excluding carboxylic acids is 2. The lowest BCUT2D eigenvalue weighted by Gasteiger charge is -2.10. The second-order valence-electron chi connectivity index (χ2n) is 3.91. The van der Waals surface area contributed by atoms with Crippen molar-refractivity contribution in [3.05, 3.63) is 11.8 Å². The lowest BCUT2D eigenvalue weighted by molar-refractivity contribution is -0.127. The van der Waals surface area contributed by atoms with Gasteiger partial charge in [-0.2, -0.15) is 5.10 Å². The zero-order valence-corrected chi connectivity index (χ0v) is 9.77. The third-order valence-corrected chi connectivity index (χ3v) is 2.43. The van der Waals surface area contributed by atoms with E-state index in [1.807, 2.05) is 0 Å². The van der Waals surface area contributed by atoms with Crippen LogP contribution in [0.25, 0.3) is 0 Å². The molecule has 1 aromatic rings. The lowest BCUT2D eigenvalue weighted by Crippen LogP contribution is -2.36. The van der Waals surface area contributed by atoms with Crippen LogP contribution in [-0.4, -0.2) is 53.7 Å². The summed E-state index contributed by atoms with van der Waals surface area (Å²) in [6, 6.07) is 1.57. The van der Waals surface area contributed by atoms with Crippen LogP contribution in [0.4, 0.5) is 0 Å². The number of aromatic nitrogens is 2. The van der Waals surface area contributed by atoms with Gasteiger partial charge in [-0.25, -0.2) is 4.68 Å². The summed E-state index contributed by atoms with van der Waals surface area (Å²) in [6.07, 6.45) is 0. The van der Waals surface area contributed by atoms with Gasteiger partial charge in [0.05, 0.1) is 13.1 Å². The van der Waals surface area contributed by atoms with Crippen molar-refractivity contribution in [3.8, 4) is 5.88 Å². The number of ether oxygens (including phenoxy) is 1. The maximum atomic E-state index is 11.7. The molecule has 0 spiro atoms. The number of hydrogen-bond donors (Lipinski definition) is 1. The molecule has 0 saturated carbocycles. The molecule has 2 heterocycles. The molecule has 0 bridgehead atoms. The first-order chi connectivity index (χ1) is 8.08. The smallest absolute Gasteiger partial charge is 0.272 e. The molecule has 0 aliphatic carbocycles. The maximum Gasteiger partial charge on any atom is 0.272 e. The summed E-state index contributed by atoms with van der Waals surface area (Å²) in [6.45, 7) is 1.21. The molecule has 1 aromatic heterocycles. The number of hydrogen-bond acceptors (Lipinski definition) is 4. The second kappa shape index (κ2) is 4.44. The van der Waals surface area contributed by atoms with Gasteiger partial charge in [0.15, 0.2) is 5.69 Å². The minimum Gasteiger partial charge on any atom is -0.476 e. The van der Waals surface area contributed by atoms with Crippen LogP contribution in [0.2, 0.25) is 0 Å². The van der Waals surface area contributed by atoms with Gasteiger partial charge in [-0.1, -0.05) is 0 Å². The predicted octanol–water partition coefficient (Wildman–Crippen LogP) is -0.906. The van der Waals surface area contributed by atoms with Crippen LogP contribution in [0.5, 0.6) is 5.88 Å². The molecule has 92 valence electrons. The molecule has 0 aromatic carbocycles. The van der Waals surface area contributed by atoms with Crippen molar-refractivity contribution in [2.75, 3.05) is 27.2 Å². The Kier molecular flexibility index (Phi) is 2.99. The molecule has 2 rings (SSSR count). The van der Waals surface area contributed by atoms with Gasteiger partial charge in [0.2, 0.25) is 11.8 Å². The Hall–Kier alpha value is -2.05. The molecule has 17 heavy (non-hydrogen) atoms. The number of rotatable bonds is 3. The monoisotopic (exact) mass is 238 g/mol. The third kappa shape index (κ3) is 2.38. The van der Waals surface area contributed by atoms with Gasteiger partial charge in [0, 0.05) is 20.2 Å². The molecule has 7 heteroatoms. The zero-order valence-electron chi connectivity index (χ0n) is 9.77. The average molecular weight is 238 g/mol. The fourth-order valence-electron chi connectivity index (χ4n) is 1.43. The quantitative estimate of drug-likeness (QED) is 0.740. The van der Waals surface area contributed by atoms with E-state index in [4.69, 9.17) is 4.74 Å². The van der Waals surface area contributed by atoms with Gasteiger partial charge in [-0.05, 0) is 0 Å². The van der Waals surface area contributed by atoms with Crippen LogP contribution in [0, 0.1) is 0 Å². The molecule has 1 aliphatic rings. The summed E-state index contributed by atoms with van der Waals surface area (Å²) in [4.78, 5) is 24.4. The van der Waals surface area contributed by atoms with Gasteiger partial charge in [0.1, 0.15) is 6.61 Å². The summed E-state index contributed by atoms with van der Waals surface area (Å²) >= 11 is 0. The molecule has 7 nitrogen and oxygen atoms in total. The standard InChI is InChI=1S/C10H14N4O3/c1-13(2)8(15)6-11-10(16)7-5-9-14(12-7)3-4-17-9/h5H,3-4,6H2,1-2H3,(H,11,16). The van der Waals surface area contributed by atoms with E-state index in [1.165, 1.54) is 4.90 Å². The predicted molar refractivity (Wildman–Crippen MR) is 58.7 cm³/mol. The van der Waals surface area contributed by atoms with Crippen LogP contribution < -0.4 is 10.1 Å². The number of nitrogens with one attached hydrogen (secondary N) is 1. The summed E-state index contributed by atoms with van der Waals surface area (Å²) < 4.78 is 6.87. The maximum absolute atomic E-state index is 11.7. The Balaban J connectivity index is 1.93. The largest absolute Gasteiger partial charge is 0.476 e. The molecule has 0 atom stereocenters. The Morgan fingerprint density at radius 1 is 1.59 bits per heavy atom. The van der Waals surface area contributed by atoms with Crippen LogP contribution in [0.1, 0.15) is 10.5 Å². The number of amides is 2. The highest BCUT2D eigenvalue weighted by atomic mass is 16.5. The Morgan fingerprint density at radius 3 is 3.00 bits per heavy atom. The van der Waals surface area contributed by atoms with E-state index in [9.17, 15) is 9.59 Å². The van der Waals surface area contributed by atoms with Gasteiger partial charge in [-0.15, -0.1) is 0 Å². The van der Waals surface area contributed by atoms with Crippen LogP contribution in [-0.2, 0) is 11.3 Å². The molecule has 2 amide bonds. The molecule has 1 aliphatic heterocycles. The highest BCUT2D eigenvalue weighted by Crippen LogP contribution is 2.17. The SMILES string of the molecule is CN(C)C(=O)CNC(=O)c1cc2n(n1)CCO2. The fourth-order valence-corrected chi connectivity index (χ4v) is 1.43. The fraction of sp³-hybridized carbons (Fsp3) is 0.500. The van der Waals surface area contributed by atoms with Crippen molar-refractivity contribution in [1.29, 1.82) is 0 Å². The van der Waals surface area contributed by atoms with Crippen molar-refractivity contribution in [2.24, 2.45) is 0 Å². The van der Waals surface area contributed by atoms with Crippen molar-refractivity contribution >= 4 is 11.8 Å². The van der Waals surface area contributed by atoms with Gasteiger partial charge < -0.3 is 15.0 Å². The minimum absolute atomic E-state index is 0.0329. The first-order valence-corrected chi connectivity index (χ1v) is 5.27. The van der Waals surface area contributed by atoms with Crippen LogP contribution >= 0.6 is 0 Å². The van der Waals surface area contributed by atoms with Crippen molar-refractivity contribution in [3.63, 3.8) is 0 Å². The van der Waals surface area contributed by atoms with Crippen LogP contribution in [0.15, 0.2) is 6.07 Å². The first kappa shape index (κ1) is 11.4. The van der Waals surface area contributed by atoms with Crippen LogP contribution in [0.3, 0.4) is 0 Å². The molecular formula is C10H14N4O3. The molecule has 0 radical (unpaired) electrons. The van der Waals surface area contributed by atoms with Gasteiger partial charge in [-0.3, -0.25) is 9.59 Å².